The average molecular weight is 1170 g/mol. The first-order valence-electron chi connectivity index (χ1n) is 15.5. The van der Waals surface area contributed by atoms with Crippen LogP contribution in [0.1, 0.15) is 51.8 Å². The first-order chi connectivity index (χ1) is 28.3. The number of carbonyl (C=O) groups excluding carboxylic acids is 3. The van der Waals surface area contributed by atoms with Crippen molar-refractivity contribution in [2.24, 2.45) is 0 Å². The Labute approximate surface area is 372 Å². The van der Waals surface area contributed by atoms with E-state index in [0.717, 1.165) is 24.3 Å². The van der Waals surface area contributed by atoms with E-state index in [9.17, 15) is 69.9 Å². The predicted octanol–water partition coefficient (Wildman–Crippen LogP) is 1.89. The summed E-state index contributed by atoms with van der Waals surface area (Å²) in [4.78, 5) is 58.2. The van der Waals surface area contributed by atoms with E-state index in [0.29, 0.717) is 36.4 Å². The molecule has 62 heavy (non-hydrogen) atoms. The molecule has 0 amide bonds. The second-order valence-corrected chi connectivity index (χ2v) is 15.2. The molecule has 17 N–H and O–H groups in total. The minimum absolute atomic E-state index is 0. The number of benzene rings is 5. The first-order valence-corrected chi connectivity index (χ1v) is 19.8. The maximum Gasteiger partial charge on any atom is 0 e. The molecular formula is C35H27BiCdO25. The van der Waals surface area contributed by atoms with Crippen LogP contribution in [-0.2, 0) is 35.7 Å². The number of carbonyl (C=O) groups is 5. The number of phenols is 15. The molecule has 0 saturated carbocycles. The van der Waals surface area contributed by atoms with Crippen molar-refractivity contribution in [2.45, 2.75) is 0 Å². The molecule has 27 heteroatoms. The monoisotopic (exact) mass is 1170 g/mol. The van der Waals surface area contributed by atoms with Crippen LogP contribution in [0.4, 0.5) is 0 Å². The van der Waals surface area contributed by atoms with Gasteiger partial charge in [0.25, 0.3) is 0 Å². The summed E-state index contributed by atoms with van der Waals surface area (Å²) in [7, 11) is 0. The van der Waals surface area contributed by atoms with Gasteiger partial charge in [-0.25, -0.2) is 9.59 Å². The van der Waals surface area contributed by atoms with Gasteiger partial charge in [0.2, 0.25) is 0 Å². The molecule has 0 spiro atoms. The number of carboxylic acid groups (broad SMARTS) is 2. The Hall–Kier alpha value is -7.74. The molecule has 0 unspecified atom stereocenters. The molecule has 324 valence electrons. The molecule has 0 heterocycles. The molecule has 0 aliphatic rings. The molecule has 0 radical (unpaired) electrons. The normalized spacial score (nSPS) is 10.1. The Morgan fingerprint density at radius 2 is 0.452 bits per heavy atom. The van der Waals surface area contributed by atoms with Gasteiger partial charge in [0, 0.05) is 27.3 Å². The summed E-state index contributed by atoms with van der Waals surface area (Å²) in [5.41, 5.74) is -2.29. The molecule has 0 fully saturated rings. The molecule has 5 aromatic rings. The third-order valence-corrected chi connectivity index (χ3v) is 10.7. The zero-order chi connectivity index (χ0) is 46.2. The summed E-state index contributed by atoms with van der Waals surface area (Å²) < 4.78 is 14.9. The molecule has 0 atom stereocenters. The summed E-state index contributed by atoms with van der Waals surface area (Å²) in [5.74, 6) is -19.2. The fourth-order valence-corrected chi connectivity index (χ4v) is 7.28. The number of carboxylic acids is 2. The van der Waals surface area contributed by atoms with Crippen LogP contribution in [0, 0.1) is 0 Å². The third kappa shape index (κ3) is 12.6. The zero-order valence-electron chi connectivity index (χ0n) is 30.3. The summed E-state index contributed by atoms with van der Waals surface area (Å²) in [5, 5.41) is 156. The van der Waals surface area contributed by atoms with Crippen molar-refractivity contribution in [3.8, 4) is 86.2 Å². The van der Waals surface area contributed by atoms with E-state index in [4.69, 9.17) is 49.3 Å². The molecule has 5 aromatic carbocycles. The predicted molar refractivity (Wildman–Crippen MR) is 193 cm³/mol. The van der Waals surface area contributed by atoms with E-state index in [1.165, 1.54) is 0 Å². The fourth-order valence-electron chi connectivity index (χ4n) is 4.04. The maximum absolute atomic E-state index is 12.5. The summed E-state index contributed by atoms with van der Waals surface area (Å²) in [6, 6.07) is 7.43. The van der Waals surface area contributed by atoms with Crippen molar-refractivity contribution in [3.63, 3.8) is 0 Å². The van der Waals surface area contributed by atoms with Crippen LogP contribution in [0.3, 0.4) is 0 Å². The SMILES string of the molecule is O=C(O)c1cc(O)c(O)c(O)c1.O=C(O)c1cc(O)c(O)c(O)c1.O=C([O][Bi]([O]C(=O)c1cc(O)c(O)c(O)c1)[O]C(=O)c1cc(O)c(O)c(O)c1)c1cc(O)c(O)c(O)c1.[Cd]. The minimum atomic E-state index is -5.08. The Morgan fingerprint density at radius 3 is 0.597 bits per heavy atom. The van der Waals surface area contributed by atoms with Crippen LogP contribution in [0.25, 0.3) is 0 Å². The fraction of sp³-hybridized carbons (Fsp3) is 0. The molecule has 5 rings (SSSR count). The Kier molecular flexibility index (Phi) is 17.1. The quantitative estimate of drug-likeness (QED) is 0.0779. The van der Waals surface area contributed by atoms with E-state index in [1.807, 2.05) is 0 Å². The second kappa shape index (κ2) is 21.0. The van der Waals surface area contributed by atoms with Gasteiger partial charge in [-0.1, -0.05) is 0 Å². The summed E-state index contributed by atoms with van der Waals surface area (Å²) >= 11 is -5.08. The van der Waals surface area contributed by atoms with Crippen molar-refractivity contribution >= 4 is 52.9 Å². The molecule has 25 nitrogen and oxygen atoms in total. The van der Waals surface area contributed by atoms with Gasteiger partial charge in [-0.3, -0.25) is 0 Å². The standard InChI is InChI=1S/5C7H6O5.Bi.Cd/c5*8-4-1-3(7(11)12)2-5(9)6(4)10;;/h5*1-2,8-10H,(H,11,12);;/q;;;;;+3;/p-3. The first kappa shape index (κ1) is 50.4. The molecule has 0 saturated heterocycles. The molecule has 0 aliphatic heterocycles. The number of rotatable bonds is 8. The number of aromatic hydroxyl groups is 15. The Balaban J connectivity index is 0.000000428. The van der Waals surface area contributed by atoms with Crippen molar-refractivity contribution in [1.82, 2.24) is 0 Å². The number of aromatic carboxylic acids is 2. The van der Waals surface area contributed by atoms with Crippen LogP contribution < -0.4 is 0 Å². The van der Waals surface area contributed by atoms with E-state index < -0.39 is 156 Å². The van der Waals surface area contributed by atoms with Gasteiger partial charge in [0.05, 0.1) is 11.1 Å². The largest absolute Gasteiger partial charge is 0 e. The number of phenolic OH excluding ortho intramolecular Hbond substituents is 15. The van der Waals surface area contributed by atoms with Gasteiger partial charge in [-0.05, 0) is 24.3 Å². The second-order valence-electron chi connectivity index (χ2n) is 11.3. The third-order valence-electron chi connectivity index (χ3n) is 7.02. The van der Waals surface area contributed by atoms with Crippen molar-refractivity contribution in [1.29, 1.82) is 0 Å². The van der Waals surface area contributed by atoms with Gasteiger partial charge in [0.15, 0.2) is 34.5 Å². The summed E-state index contributed by atoms with van der Waals surface area (Å²) in [6.07, 6.45) is 0. The van der Waals surface area contributed by atoms with Crippen molar-refractivity contribution < 1.29 is 147 Å². The summed E-state index contributed by atoms with van der Waals surface area (Å²) in [6.45, 7) is 0. The van der Waals surface area contributed by atoms with Gasteiger partial charge in [-0.2, -0.15) is 0 Å². The van der Waals surface area contributed by atoms with Crippen molar-refractivity contribution in [3.05, 3.63) is 88.5 Å². The molecular weight excluding hydrogens is 1140 g/mol. The number of hydrogen-bond donors (Lipinski definition) is 17. The van der Waals surface area contributed by atoms with E-state index in [2.05, 4.69) is 0 Å². The Morgan fingerprint density at radius 1 is 0.306 bits per heavy atom. The smallest absolute Gasteiger partial charge is 0 e. The van der Waals surface area contributed by atoms with Crippen molar-refractivity contribution in [2.75, 3.05) is 0 Å². The molecule has 0 aliphatic carbocycles. The van der Waals surface area contributed by atoms with E-state index in [-0.39, 0.29) is 38.4 Å². The van der Waals surface area contributed by atoms with Gasteiger partial charge >= 0.3 is 227 Å². The zero-order valence-corrected chi connectivity index (χ0v) is 37.8. The van der Waals surface area contributed by atoms with Crippen LogP contribution in [0.2, 0.25) is 0 Å². The maximum atomic E-state index is 12.5. The van der Waals surface area contributed by atoms with Gasteiger partial charge < -0.3 is 40.9 Å². The van der Waals surface area contributed by atoms with Crippen LogP contribution >= 0.6 is 0 Å². The van der Waals surface area contributed by atoms with Gasteiger partial charge in [-0.15, -0.1) is 0 Å². The molecule has 0 bridgehead atoms. The number of hydrogen-bond acceptors (Lipinski definition) is 23. The van der Waals surface area contributed by atoms with Crippen LogP contribution in [0.5, 0.6) is 86.2 Å². The Bertz CT molecular complexity index is 2210. The van der Waals surface area contributed by atoms with Crippen LogP contribution in [0.15, 0.2) is 60.7 Å². The molecule has 0 aromatic heterocycles. The minimum Gasteiger partial charge on any atom is 0 e. The average Bonchev–Trinajstić information content (AvgIpc) is 3.18. The van der Waals surface area contributed by atoms with Crippen LogP contribution in [-0.4, -0.2) is 140 Å². The van der Waals surface area contributed by atoms with Gasteiger partial charge in [0.1, 0.15) is 0 Å². The van der Waals surface area contributed by atoms with E-state index >= 15 is 0 Å². The topological polar surface area (TPSA) is 457 Å². The van der Waals surface area contributed by atoms with E-state index in [1.54, 1.807) is 0 Å².